The maximum Gasteiger partial charge on any atom is 0.515 e. The third-order valence-electron chi connectivity index (χ3n) is 6.57. The Morgan fingerprint density at radius 3 is 1.84 bits per heavy atom. The minimum Gasteiger partial charge on any atom is -0.389 e. The molecule has 186 valence electrons. The highest BCUT2D eigenvalue weighted by Gasteiger charge is 2.38. The lowest BCUT2D eigenvalue weighted by molar-refractivity contribution is 0.0185. The zero-order valence-corrected chi connectivity index (χ0v) is 22.4. The topological polar surface area (TPSA) is 50.7 Å². The van der Waals surface area contributed by atoms with Gasteiger partial charge in [0.05, 0.1) is 0 Å². The van der Waals surface area contributed by atoms with Gasteiger partial charge in [0.15, 0.2) is 0 Å². The van der Waals surface area contributed by atoms with E-state index in [-0.39, 0.29) is 0 Å². The van der Waals surface area contributed by atoms with Crippen LogP contribution in [0.2, 0.25) is 6.04 Å². The van der Waals surface area contributed by atoms with Gasteiger partial charge in [-0.15, -0.1) is 0 Å². The third kappa shape index (κ3) is 17.5. The third-order valence-corrected chi connectivity index (χ3v) is 8.99. The first-order valence-electron chi connectivity index (χ1n) is 13.6. The Bertz CT molecular complexity index is 380. The van der Waals surface area contributed by atoms with Crippen LogP contribution >= 0.6 is 12.6 Å². The van der Waals surface area contributed by atoms with E-state index in [9.17, 15) is 4.80 Å². The Labute approximate surface area is 200 Å². The number of unbranched alkanes of at least 4 members (excludes halogenated alkanes) is 15. The monoisotopic (exact) mass is 475 g/mol. The van der Waals surface area contributed by atoms with Crippen LogP contribution in [0.5, 0.6) is 0 Å². The lowest BCUT2D eigenvalue weighted by atomic mass is 9.97. The highest BCUT2D eigenvalue weighted by atomic mass is 32.1. The Morgan fingerprint density at radius 2 is 1.32 bits per heavy atom. The van der Waals surface area contributed by atoms with Crippen molar-refractivity contribution in [3.05, 3.63) is 0 Å². The molecule has 1 saturated heterocycles. The van der Waals surface area contributed by atoms with Crippen molar-refractivity contribution in [2.45, 2.75) is 135 Å². The van der Waals surface area contributed by atoms with Gasteiger partial charge in [-0.1, -0.05) is 110 Å². The highest BCUT2D eigenvalue weighted by Crippen LogP contribution is 2.20. The minimum absolute atomic E-state index is 0.591. The van der Waals surface area contributed by atoms with Gasteiger partial charge in [0.2, 0.25) is 0 Å². The Balaban J connectivity index is 1.84. The van der Waals surface area contributed by atoms with E-state index in [2.05, 4.69) is 25.0 Å². The summed E-state index contributed by atoms with van der Waals surface area (Å²) in [5, 5.41) is 0. The van der Waals surface area contributed by atoms with Crippen LogP contribution in [0.4, 0.5) is 0 Å². The van der Waals surface area contributed by atoms with Crippen LogP contribution in [0.3, 0.4) is 0 Å². The van der Waals surface area contributed by atoms with Gasteiger partial charge in [-0.05, 0) is 30.9 Å². The number of hydrogen-bond donors (Lipinski definition) is 3. The Hall–Kier alpha value is 0.407. The van der Waals surface area contributed by atoms with Gasteiger partial charge >= 0.3 is 8.80 Å². The van der Waals surface area contributed by atoms with Gasteiger partial charge in [0.25, 0.3) is 0 Å². The molecule has 1 aliphatic heterocycles. The molecule has 1 aliphatic rings. The molecule has 0 bridgehead atoms. The van der Waals surface area contributed by atoms with Crippen LogP contribution in [-0.4, -0.2) is 32.5 Å². The van der Waals surface area contributed by atoms with Crippen molar-refractivity contribution in [1.29, 1.82) is 0 Å². The minimum atomic E-state index is -3.01. The summed E-state index contributed by atoms with van der Waals surface area (Å²) in [7, 11) is -3.01. The molecule has 0 amide bonds. The van der Waals surface area contributed by atoms with Crippen molar-refractivity contribution in [2.75, 3.05) is 18.9 Å². The average molecular weight is 476 g/mol. The van der Waals surface area contributed by atoms with E-state index in [4.69, 9.17) is 8.95 Å². The van der Waals surface area contributed by atoms with E-state index in [0.717, 1.165) is 25.1 Å². The molecule has 0 spiro atoms. The molecule has 6 heteroatoms. The number of rotatable bonds is 20. The summed E-state index contributed by atoms with van der Waals surface area (Å²) in [6.45, 7) is 3.75. The van der Waals surface area contributed by atoms with Gasteiger partial charge < -0.3 is 9.22 Å². The van der Waals surface area contributed by atoms with E-state index >= 15 is 0 Å². The summed E-state index contributed by atoms with van der Waals surface area (Å²) in [5.74, 6) is 1.35. The van der Waals surface area contributed by atoms with Crippen molar-refractivity contribution >= 4 is 21.4 Å². The van der Waals surface area contributed by atoms with E-state index in [0.29, 0.717) is 18.6 Å². The number of hydroxylamine groups is 1. The molecule has 0 radical (unpaired) electrons. The second-order valence-corrected chi connectivity index (χ2v) is 12.5. The SMILES string of the molecule is CCCCCCCCCCCCCCCCCCC1CCO[Si](O)(CCCS)ONC1. The number of nitrogens with one attached hydrogen (secondary N) is 1. The van der Waals surface area contributed by atoms with Gasteiger partial charge in [0, 0.05) is 19.2 Å². The predicted molar refractivity (Wildman–Crippen MR) is 139 cm³/mol. The van der Waals surface area contributed by atoms with E-state index < -0.39 is 8.80 Å². The van der Waals surface area contributed by atoms with Crippen LogP contribution in [-0.2, 0) is 8.95 Å². The zero-order valence-electron chi connectivity index (χ0n) is 20.6. The molecule has 2 N–H and O–H groups in total. The fourth-order valence-corrected chi connectivity index (χ4v) is 6.57. The molecule has 2 atom stereocenters. The summed E-state index contributed by atoms with van der Waals surface area (Å²) in [4.78, 5) is 10.4. The molecule has 1 fully saturated rings. The largest absolute Gasteiger partial charge is 0.515 e. The average Bonchev–Trinajstić information content (AvgIpc) is 2.75. The number of thiol groups is 1. The molecule has 0 aromatic carbocycles. The Morgan fingerprint density at radius 1 is 0.806 bits per heavy atom. The first-order valence-corrected chi connectivity index (χ1v) is 16.2. The standard InChI is InChI=1S/C25H53NO3SSi/c1-2-3-4-5-6-7-8-9-10-11-12-13-14-15-16-17-19-25-20-21-28-31(27,23-18-22-30)29-26-24-25/h25-27,30H,2-24H2,1H3. The maximum absolute atomic E-state index is 10.4. The zero-order chi connectivity index (χ0) is 22.5. The molecule has 4 nitrogen and oxygen atoms in total. The molecule has 0 aromatic heterocycles. The molecule has 0 aliphatic carbocycles. The lowest BCUT2D eigenvalue weighted by Crippen LogP contribution is -2.49. The van der Waals surface area contributed by atoms with Crippen LogP contribution in [0, 0.1) is 5.92 Å². The fraction of sp³-hybridized carbons (Fsp3) is 1.00. The first kappa shape index (κ1) is 29.4. The van der Waals surface area contributed by atoms with Crippen molar-refractivity contribution in [2.24, 2.45) is 5.92 Å². The summed E-state index contributed by atoms with van der Waals surface area (Å²) in [6.07, 6.45) is 25.7. The first-order chi connectivity index (χ1) is 15.2. The molecular weight excluding hydrogens is 422 g/mol. The molecule has 0 aromatic rings. The van der Waals surface area contributed by atoms with Crippen LogP contribution in [0.25, 0.3) is 0 Å². The van der Waals surface area contributed by atoms with Gasteiger partial charge in [-0.2, -0.15) is 12.6 Å². The van der Waals surface area contributed by atoms with Crippen LogP contribution in [0.15, 0.2) is 0 Å². The maximum atomic E-state index is 10.4. The lowest BCUT2D eigenvalue weighted by Gasteiger charge is -2.29. The smallest absolute Gasteiger partial charge is 0.389 e. The van der Waals surface area contributed by atoms with Crippen LogP contribution in [0.1, 0.15) is 129 Å². The fourth-order valence-electron chi connectivity index (χ4n) is 4.44. The molecule has 1 heterocycles. The quantitative estimate of drug-likeness (QED) is 0.0972. The van der Waals surface area contributed by atoms with Crippen molar-refractivity contribution in [3.8, 4) is 0 Å². The number of hydrogen-bond acceptors (Lipinski definition) is 5. The summed E-state index contributed by atoms with van der Waals surface area (Å²) in [6, 6.07) is 0.591. The molecule has 31 heavy (non-hydrogen) atoms. The molecular formula is C25H53NO3SSi. The highest BCUT2D eigenvalue weighted by molar-refractivity contribution is 7.80. The predicted octanol–water partition coefficient (Wildman–Crippen LogP) is 7.45. The van der Waals surface area contributed by atoms with Crippen molar-refractivity contribution < 1.29 is 13.7 Å². The van der Waals surface area contributed by atoms with Gasteiger partial charge in [-0.25, -0.2) is 5.48 Å². The Kier molecular flexibility index (Phi) is 19.9. The summed E-state index contributed by atoms with van der Waals surface area (Å²) >= 11 is 4.21. The normalized spacial score (nSPS) is 22.4. The molecule has 0 saturated carbocycles. The molecule has 2 unspecified atom stereocenters. The van der Waals surface area contributed by atoms with Crippen molar-refractivity contribution in [3.63, 3.8) is 0 Å². The summed E-state index contributed by atoms with van der Waals surface area (Å²) in [5.41, 5.74) is 3.00. The summed E-state index contributed by atoms with van der Waals surface area (Å²) < 4.78 is 11.2. The second-order valence-electron chi connectivity index (χ2n) is 9.59. The van der Waals surface area contributed by atoms with Gasteiger partial charge in [-0.3, -0.25) is 4.53 Å². The van der Waals surface area contributed by atoms with E-state index in [1.165, 1.54) is 109 Å². The van der Waals surface area contributed by atoms with E-state index in [1.54, 1.807) is 0 Å². The molecule has 1 rings (SSSR count). The second kappa shape index (κ2) is 21.0. The van der Waals surface area contributed by atoms with Crippen molar-refractivity contribution in [1.82, 2.24) is 5.48 Å². The van der Waals surface area contributed by atoms with Crippen LogP contribution < -0.4 is 5.48 Å². The van der Waals surface area contributed by atoms with Gasteiger partial charge in [0.1, 0.15) is 0 Å². The van der Waals surface area contributed by atoms with E-state index in [1.807, 2.05) is 0 Å².